The Morgan fingerprint density at radius 1 is 1.52 bits per heavy atom. The van der Waals surface area contributed by atoms with E-state index in [0.29, 0.717) is 17.2 Å². The van der Waals surface area contributed by atoms with E-state index < -0.39 is 10.0 Å². The van der Waals surface area contributed by atoms with Crippen LogP contribution in [0.15, 0.2) is 28.7 Å². The van der Waals surface area contributed by atoms with Gasteiger partial charge < -0.3 is 9.67 Å². The van der Waals surface area contributed by atoms with Gasteiger partial charge in [-0.2, -0.15) is 0 Å². The van der Waals surface area contributed by atoms with Crippen molar-refractivity contribution in [1.29, 1.82) is 0 Å². The molecule has 0 amide bonds. The molecule has 2 rings (SSSR count). The predicted octanol–water partition coefficient (Wildman–Crippen LogP) is 1.89. The molecule has 0 radical (unpaired) electrons. The Labute approximate surface area is 128 Å². The first-order valence-corrected chi connectivity index (χ1v) is 9.06. The van der Waals surface area contributed by atoms with Crippen LogP contribution >= 0.6 is 11.3 Å². The number of rotatable bonds is 7. The lowest BCUT2D eigenvalue weighted by Gasteiger charge is -2.10. The van der Waals surface area contributed by atoms with Crippen LogP contribution in [0.25, 0.3) is 0 Å². The summed E-state index contributed by atoms with van der Waals surface area (Å²) in [6, 6.07) is 1.12. The third-order valence-corrected chi connectivity index (χ3v) is 5.52. The number of aromatic nitrogens is 2. The molecule has 21 heavy (non-hydrogen) atoms. The van der Waals surface area contributed by atoms with Crippen LogP contribution in [-0.4, -0.2) is 23.1 Å². The number of thiazole rings is 1. The molecular weight excluding hydrogens is 310 g/mol. The topological polar surface area (TPSA) is 84.2 Å². The number of aliphatic hydroxyl groups is 1. The van der Waals surface area contributed by atoms with Gasteiger partial charge in [0.05, 0.1) is 17.5 Å². The predicted molar refractivity (Wildman–Crippen MR) is 81.5 cm³/mol. The van der Waals surface area contributed by atoms with Crippen LogP contribution in [0.2, 0.25) is 0 Å². The summed E-state index contributed by atoms with van der Waals surface area (Å²) >= 11 is 1.40. The van der Waals surface area contributed by atoms with Crippen LogP contribution in [0, 0.1) is 0 Å². The van der Waals surface area contributed by atoms with Crippen LogP contribution < -0.4 is 4.72 Å². The van der Waals surface area contributed by atoms with Gasteiger partial charge in [0, 0.05) is 30.0 Å². The molecule has 1 unspecified atom stereocenters. The van der Waals surface area contributed by atoms with Crippen molar-refractivity contribution in [3.63, 3.8) is 0 Å². The van der Waals surface area contributed by atoms with Gasteiger partial charge in [0.15, 0.2) is 0 Å². The average molecular weight is 329 g/mol. The highest BCUT2D eigenvalue weighted by molar-refractivity contribution is 7.89. The summed E-state index contributed by atoms with van der Waals surface area (Å²) in [5.74, 6) is 0. The van der Waals surface area contributed by atoms with Crippen molar-refractivity contribution in [3.05, 3.63) is 34.5 Å². The van der Waals surface area contributed by atoms with Gasteiger partial charge in [0.25, 0.3) is 0 Å². The van der Waals surface area contributed by atoms with Crippen LogP contribution in [0.1, 0.15) is 37.0 Å². The van der Waals surface area contributed by atoms with Crippen molar-refractivity contribution in [1.82, 2.24) is 14.3 Å². The van der Waals surface area contributed by atoms with Crippen LogP contribution in [0.5, 0.6) is 0 Å². The second kappa shape index (κ2) is 6.69. The number of nitrogens with zero attached hydrogens (tertiary/aromatic N) is 2. The second-order valence-electron chi connectivity index (χ2n) is 4.73. The summed E-state index contributed by atoms with van der Waals surface area (Å²) in [7, 11) is -3.63. The van der Waals surface area contributed by atoms with Crippen LogP contribution in [0.3, 0.4) is 0 Å². The Kier molecular flexibility index (Phi) is 5.15. The van der Waals surface area contributed by atoms with Gasteiger partial charge in [-0.25, -0.2) is 18.1 Å². The molecule has 2 aromatic heterocycles. The van der Waals surface area contributed by atoms with E-state index in [4.69, 9.17) is 0 Å². The summed E-state index contributed by atoms with van der Waals surface area (Å²) in [6.45, 7) is 4.25. The van der Waals surface area contributed by atoms with Crippen molar-refractivity contribution in [2.45, 2.75) is 44.4 Å². The summed E-state index contributed by atoms with van der Waals surface area (Å²) in [5, 5.41) is 11.8. The first-order chi connectivity index (χ1) is 9.97. The maximum Gasteiger partial charge on any atom is 0.242 e. The quantitative estimate of drug-likeness (QED) is 0.812. The zero-order valence-corrected chi connectivity index (χ0v) is 13.6. The zero-order valence-electron chi connectivity index (χ0n) is 12.0. The number of aliphatic hydroxyl groups excluding tert-OH is 1. The Morgan fingerprint density at radius 2 is 2.29 bits per heavy atom. The highest BCUT2D eigenvalue weighted by Gasteiger charge is 2.22. The molecule has 8 heteroatoms. The average Bonchev–Trinajstić information content (AvgIpc) is 3.08. The van der Waals surface area contributed by atoms with Crippen molar-refractivity contribution < 1.29 is 13.5 Å². The van der Waals surface area contributed by atoms with Gasteiger partial charge in [-0.1, -0.05) is 6.92 Å². The molecule has 0 fully saturated rings. The van der Waals surface area contributed by atoms with Crippen molar-refractivity contribution in [2.75, 3.05) is 0 Å². The molecule has 1 atom stereocenters. The summed E-state index contributed by atoms with van der Waals surface area (Å²) in [5.41, 5.74) is 0.596. The molecule has 0 aliphatic carbocycles. The van der Waals surface area contributed by atoms with E-state index in [1.165, 1.54) is 17.4 Å². The summed E-state index contributed by atoms with van der Waals surface area (Å²) in [6.07, 6.45) is 4.07. The van der Waals surface area contributed by atoms with Gasteiger partial charge in [-0.3, -0.25) is 0 Å². The third kappa shape index (κ3) is 3.70. The molecule has 0 aliphatic heterocycles. The Bertz CT molecular complexity index is 678. The van der Waals surface area contributed by atoms with Crippen LogP contribution in [0.4, 0.5) is 0 Å². The first-order valence-electron chi connectivity index (χ1n) is 6.69. The maximum atomic E-state index is 12.4. The second-order valence-corrected chi connectivity index (χ2v) is 7.37. The molecule has 0 bridgehead atoms. The zero-order chi connectivity index (χ0) is 15.5. The molecule has 0 saturated heterocycles. The third-order valence-electron chi connectivity index (χ3n) is 3.05. The van der Waals surface area contributed by atoms with Crippen molar-refractivity contribution >= 4 is 21.4 Å². The van der Waals surface area contributed by atoms with E-state index in [9.17, 15) is 13.5 Å². The molecule has 0 aromatic carbocycles. The minimum atomic E-state index is -3.63. The molecule has 2 heterocycles. The summed E-state index contributed by atoms with van der Waals surface area (Å²) in [4.78, 5) is 4.28. The molecule has 0 saturated carbocycles. The Balaban J connectivity index is 2.23. The molecule has 116 valence electrons. The lowest BCUT2D eigenvalue weighted by atomic mass is 10.4. The highest BCUT2D eigenvalue weighted by atomic mass is 32.2. The van der Waals surface area contributed by atoms with Gasteiger partial charge >= 0.3 is 0 Å². The van der Waals surface area contributed by atoms with Gasteiger partial charge in [0.2, 0.25) is 10.0 Å². The van der Waals surface area contributed by atoms with Crippen molar-refractivity contribution in [2.24, 2.45) is 0 Å². The SMILES string of the molecule is CCCn1cc(S(=O)(=O)NC(C)c2nccs2)cc1CO. The van der Waals surface area contributed by atoms with Crippen molar-refractivity contribution in [3.8, 4) is 0 Å². The fourth-order valence-corrected chi connectivity index (χ4v) is 4.04. The van der Waals surface area contributed by atoms with E-state index in [2.05, 4.69) is 9.71 Å². The lowest BCUT2D eigenvalue weighted by molar-refractivity contribution is 0.270. The number of hydrogen-bond acceptors (Lipinski definition) is 5. The fourth-order valence-electron chi connectivity index (χ4n) is 2.05. The smallest absolute Gasteiger partial charge is 0.242 e. The molecule has 6 nitrogen and oxygen atoms in total. The molecule has 0 aliphatic rings. The largest absolute Gasteiger partial charge is 0.390 e. The van der Waals surface area contributed by atoms with E-state index in [1.54, 1.807) is 23.9 Å². The minimum absolute atomic E-state index is 0.170. The first kappa shape index (κ1) is 16.2. The maximum absolute atomic E-state index is 12.4. The molecular formula is C13H19N3O3S2. The van der Waals surface area contributed by atoms with Gasteiger partial charge in [0.1, 0.15) is 5.01 Å². The van der Waals surface area contributed by atoms with E-state index in [-0.39, 0.29) is 17.5 Å². The highest BCUT2D eigenvalue weighted by Crippen LogP contribution is 2.20. The van der Waals surface area contributed by atoms with E-state index >= 15 is 0 Å². The standard InChI is InChI=1S/C13H19N3O3S2/c1-3-5-16-8-12(7-11(16)9-17)21(18,19)15-10(2)13-14-4-6-20-13/h4,6-8,10,15,17H,3,5,9H2,1-2H3. The van der Waals surface area contributed by atoms with Gasteiger partial charge in [-0.15, -0.1) is 11.3 Å². The van der Waals surface area contributed by atoms with Crippen LogP contribution in [-0.2, 0) is 23.2 Å². The Morgan fingerprint density at radius 3 is 2.86 bits per heavy atom. The monoisotopic (exact) mass is 329 g/mol. The normalized spacial score (nSPS) is 13.5. The Hall–Kier alpha value is -1.22. The number of hydrogen-bond donors (Lipinski definition) is 2. The lowest BCUT2D eigenvalue weighted by Crippen LogP contribution is -2.26. The van der Waals surface area contributed by atoms with E-state index in [0.717, 1.165) is 6.42 Å². The summed E-state index contributed by atoms with van der Waals surface area (Å²) < 4.78 is 29.2. The number of aryl methyl sites for hydroxylation is 1. The van der Waals surface area contributed by atoms with E-state index in [1.807, 2.05) is 12.3 Å². The minimum Gasteiger partial charge on any atom is -0.390 e. The van der Waals surface area contributed by atoms with Gasteiger partial charge in [-0.05, 0) is 19.4 Å². The number of sulfonamides is 1. The number of nitrogens with one attached hydrogen (secondary N) is 1. The molecule has 2 aromatic rings. The fraction of sp³-hybridized carbons (Fsp3) is 0.462. The molecule has 0 spiro atoms. The molecule has 2 N–H and O–H groups in total.